The maximum absolute atomic E-state index is 11.9. The number of rotatable bonds is 5. The van der Waals surface area contributed by atoms with Crippen molar-refractivity contribution in [1.29, 1.82) is 0 Å². The number of hydrogen-bond acceptors (Lipinski definition) is 3. The van der Waals surface area contributed by atoms with Crippen molar-refractivity contribution in [2.45, 2.75) is 32.9 Å². The van der Waals surface area contributed by atoms with Gasteiger partial charge in [0, 0.05) is 29.1 Å². The minimum Gasteiger partial charge on any atom is -0.423 e. The van der Waals surface area contributed by atoms with Crippen LogP contribution in [-0.4, -0.2) is 0 Å². The van der Waals surface area contributed by atoms with E-state index in [2.05, 4.69) is 25.2 Å². The fourth-order valence-corrected chi connectivity index (χ4v) is 3.00. The predicted molar refractivity (Wildman–Crippen MR) is 98.6 cm³/mol. The zero-order valence-electron chi connectivity index (χ0n) is 13.8. The molecule has 0 aliphatic rings. The molecular weight excluding hydrogens is 322 g/mol. The Hall–Kier alpha value is -2.10. The fraction of sp³-hybridized carbons (Fsp3) is 0.250. The van der Waals surface area contributed by atoms with Gasteiger partial charge in [0.15, 0.2) is 0 Å². The molecule has 1 unspecified atom stereocenters. The molecule has 0 aliphatic heterocycles. The van der Waals surface area contributed by atoms with Gasteiger partial charge in [0.1, 0.15) is 5.58 Å². The number of hydrogen-bond donors (Lipinski definition) is 1. The summed E-state index contributed by atoms with van der Waals surface area (Å²) in [4.78, 5) is 11.9. The molecule has 3 rings (SSSR count). The molecule has 124 valence electrons. The summed E-state index contributed by atoms with van der Waals surface area (Å²) >= 11 is 6.05. The lowest BCUT2D eigenvalue weighted by atomic mass is 10.0. The molecular formula is C20H20ClNO2. The highest BCUT2D eigenvalue weighted by molar-refractivity contribution is 6.30. The molecule has 0 saturated carbocycles. The standard InChI is InChI=1S/C20H20ClNO2/c1-3-14-7-8-18-16(11-20(23)24-19(18)9-14)12-22-13(2)15-5-4-6-17(21)10-15/h4-11,13,22H,3,12H2,1-2H3. The molecule has 1 N–H and O–H groups in total. The van der Waals surface area contributed by atoms with Gasteiger partial charge in [-0.05, 0) is 48.2 Å². The third kappa shape index (κ3) is 3.69. The van der Waals surface area contributed by atoms with Crippen LogP contribution in [0.2, 0.25) is 5.02 Å². The molecule has 0 saturated heterocycles. The van der Waals surface area contributed by atoms with Crippen LogP contribution in [0, 0.1) is 0 Å². The summed E-state index contributed by atoms with van der Waals surface area (Å²) in [5.74, 6) is 0. The van der Waals surface area contributed by atoms with Gasteiger partial charge in [0.2, 0.25) is 0 Å². The first-order valence-electron chi connectivity index (χ1n) is 8.11. The second-order valence-electron chi connectivity index (χ2n) is 5.93. The molecule has 1 aromatic heterocycles. The Morgan fingerprint density at radius 1 is 1.17 bits per heavy atom. The normalized spacial score (nSPS) is 12.5. The number of aryl methyl sites for hydroxylation is 1. The van der Waals surface area contributed by atoms with Crippen molar-refractivity contribution in [3.63, 3.8) is 0 Å². The number of fused-ring (bicyclic) bond motifs is 1. The maximum Gasteiger partial charge on any atom is 0.336 e. The third-order valence-electron chi connectivity index (χ3n) is 4.25. The average molecular weight is 342 g/mol. The number of benzene rings is 2. The highest BCUT2D eigenvalue weighted by Crippen LogP contribution is 2.21. The van der Waals surface area contributed by atoms with Gasteiger partial charge in [-0.15, -0.1) is 0 Å². The van der Waals surface area contributed by atoms with E-state index in [1.54, 1.807) is 6.07 Å². The van der Waals surface area contributed by atoms with Gasteiger partial charge in [-0.1, -0.05) is 42.8 Å². The quantitative estimate of drug-likeness (QED) is 0.674. The molecule has 0 aliphatic carbocycles. The van der Waals surface area contributed by atoms with Crippen molar-refractivity contribution in [2.75, 3.05) is 0 Å². The van der Waals surface area contributed by atoms with Gasteiger partial charge < -0.3 is 9.73 Å². The molecule has 0 fully saturated rings. The van der Waals surface area contributed by atoms with E-state index >= 15 is 0 Å². The van der Waals surface area contributed by atoms with E-state index in [9.17, 15) is 4.79 Å². The van der Waals surface area contributed by atoms with Crippen LogP contribution >= 0.6 is 11.6 Å². The maximum atomic E-state index is 11.9. The Balaban J connectivity index is 1.86. The minimum absolute atomic E-state index is 0.126. The fourth-order valence-electron chi connectivity index (χ4n) is 2.80. The Bertz CT molecular complexity index is 917. The second kappa shape index (κ2) is 7.20. The van der Waals surface area contributed by atoms with Crippen LogP contribution in [0.25, 0.3) is 11.0 Å². The average Bonchev–Trinajstić information content (AvgIpc) is 2.58. The summed E-state index contributed by atoms with van der Waals surface area (Å²) in [6, 6.07) is 15.5. The first-order valence-corrected chi connectivity index (χ1v) is 8.49. The van der Waals surface area contributed by atoms with Crippen molar-refractivity contribution < 1.29 is 4.42 Å². The third-order valence-corrected chi connectivity index (χ3v) is 4.49. The van der Waals surface area contributed by atoms with Gasteiger partial charge >= 0.3 is 5.63 Å². The first-order chi connectivity index (χ1) is 11.6. The molecule has 0 amide bonds. The van der Waals surface area contributed by atoms with E-state index in [0.717, 1.165) is 33.5 Å². The zero-order chi connectivity index (χ0) is 17.1. The van der Waals surface area contributed by atoms with E-state index in [0.29, 0.717) is 12.1 Å². The summed E-state index contributed by atoms with van der Waals surface area (Å²) in [7, 11) is 0. The molecule has 4 heteroatoms. The Morgan fingerprint density at radius 3 is 2.75 bits per heavy atom. The van der Waals surface area contributed by atoms with Crippen molar-refractivity contribution >= 4 is 22.6 Å². The molecule has 3 aromatic rings. The van der Waals surface area contributed by atoms with E-state index in [1.165, 1.54) is 0 Å². The van der Waals surface area contributed by atoms with Crippen LogP contribution in [0.1, 0.15) is 36.6 Å². The van der Waals surface area contributed by atoms with Gasteiger partial charge in [0.05, 0.1) is 0 Å². The lowest BCUT2D eigenvalue weighted by Crippen LogP contribution is -2.19. The smallest absolute Gasteiger partial charge is 0.336 e. The van der Waals surface area contributed by atoms with E-state index in [1.807, 2.05) is 36.4 Å². The molecule has 3 nitrogen and oxygen atoms in total. The van der Waals surface area contributed by atoms with Crippen LogP contribution in [0.5, 0.6) is 0 Å². The molecule has 2 aromatic carbocycles. The number of halogens is 1. The Kier molecular flexibility index (Phi) is 5.03. The largest absolute Gasteiger partial charge is 0.423 e. The van der Waals surface area contributed by atoms with Crippen molar-refractivity contribution in [2.24, 2.45) is 0 Å². The predicted octanol–water partition coefficient (Wildman–Crippen LogP) is 4.86. The Labute approximate surface area is 146 Å². The lowest BCUT2D eigenvalue weighted by molar-refractivity contribution is 0.547. The minimum atomic E-state index is -0.317. The van der Waals surface area contributed by atoms with Gasteiger partial charge in [-0.25, -0.2) is 4.79 Å². The van der Waals surface area contributed by atoms with Crippen molar-refractivity contribution in [3.05, 3.63) is 80.7 Å². The lowest BCUT2D eigenvalue weighted by Gasteiger charge is -2.15. The molecule has 0 radical (unpaired) electrons. The van der Waals surface area contributed by atoms with E-state index < -0.39 is 0 Å². The summed E-state index contributed by atoms with van der Waals surface area (Å²) in [6.07, 6.45) is 0.911. The van der Waals surface area contributed by atoms with E-state index in [4.69, 9.17) is 16.0 Å². The van der Waals surface area contributed by atoms with E-state index in [-0.39, 0.29) is 11.7 Å². The molecule has 1 heterocycles. The summed E-state index contributed by atoms with van der Waals surface area (Å²) in [6.45, 7) is 4.74. The summed E-state index contributed by atoms with van der Waals surface area (Å²) in [5.41, 5.74) is 3.54. The van der Waals surface area contributed by atoms with Crippen LogP contribution in [0.15, 0.2) is 57.7 Å². The highest BCUT2D eigenvalue weighted by Gasteiger charge is 2.09. The second-order valence-corrected chi connectivity index (χ2v) is 6.37. The Morgan fingerprint density at radius 2 is 2.00 bits per heavy atom. The van der Waals surface area contributed by atoms with Crippen LogP contribution < -0.4 is 10.9 Å². The molecule has 24 heavy (non-hydrogen) atoms. The van der Waals surface area contributed by atoms with Gasteiger partial charge in [0.25, 0.3) is 0 Å². The van der Waals surface area contributed by atoms with Crippen LogP contribution in [0.4, 0.5) is 0 Å². The van der Waals surface area contributed by atoms with Crippen LogP contribution in [-0.2, 0) is 13.0 Å². The van der Waals surface area contributed by atoms with Gasteiger partial charge in [-0.3, -0.25) is 0 Å². The monoisotopic (exact) mass is 341 g/mol. The summed E-state index contributed by atoms with van der Waals surface area (Å²) in [5, 5.41) is 5.14. The number of nitrogens with one attached hydrogen (secondary N) is 1. The topological polar surface area (TPSA) is 42.2 Å². The molecule has 0 spiro atoms. The first kappa shape index (κ1) is 16.7. The zero-order valence-corrected chi connectivity index (χ0v) is 14.6. The summed E-state index contributed by atoms with van der Waals surface area (Å²) < 4.78 is 5.35. The van der Waals surface area contributed by atoms with Gasteiger partial charge in [-0.2, -0.15) is 0 Å². The highest BCUT2D eigenvalue weighted by atomic mass is 35.5. The molecule has 1 atom stereocenters. The van der Waals surface area contributed by atoms with Crippen LogP contribution in [0.3, 0.4) is 0 Å². The molecule has 0 bridgehead atoms. The SMILES string of the molecule is CCc1ccc2c(CNC(C)c3cccc(Cl)c3)cc(=O)oc2c1. The van der Waals surface area contributed by atoms with Crippen molar-refractivity contribution in [3.8, 4) is 0 Å². The van der Waals surface area contributed by atoms with Crippen molar-refractivity contribution in [1.82, 2.24) is 5.32 Å².